The number of rotatable bonds is 4. The van der Waals surface area contributed by atoms with E-state index in [0.29, 0.717) is 25.8 Å². The smallest absolute Gasteiger partial charge is 0.161 e. The van der Waals surface area contributed by atoms with Crippen LogP contribution in [0.4, 0.5) is 0 Å². The molecule has 2 unspecified atom stereocenters. The van der Waals surface area contributed by atoms with Gasteiger partial charge in [-0.2, -0.15) is 0 Å². The second kappa shape index (κ2) is 6.24. The molecule has 0 fully saturated rings. The van der Waals surface area contributed by atoms with Gasteiger partial charge < -0.3 is 15.2 Å². The Balaban J connectivity index is 2.25. The number of hydrogen-bond donors (Lipinski definition) is 1. The summed E-state index contributed by atoms with van der Waals surface area (Å²) in [5, 5.41) is 0. The standard InChI is InChI=1S/C17H28N2O2/c1-12(17(2,3)4)19(5)14(11-18)13-6-7-15-16(10-13)21-9-8-20-15/h6-7,10,12,14H,8-9,11,18H2,1-5H3. The van der Waals surface area contributed by atoms with Gasteiger partial charge in [0.05, 0.1) is 0 Å². The third-order valence-corrected chi connectivity index (χ3v) is 4.53. The van der Waals surface area contributed by atoms with E-state index < -0.39 is 0 Å². The normalized spacial score (nSPS) is 17.7. The summed E-state index contributed by atoms with van der Waals surface area (Å²) in [5.41, 5.74) is 7.43. The van der Waals surface area contributed by atoms with Crippen LogP contribution in [0.25, 0.3) is 0 Å². The summed E-state index contributed by atoms with van der Waals surface area (Å²) >= 11 is 0. The van der Waals surface area contributed by atoms with Crippen LogP contribution >= 0.6 is 0 Å². The van der Waals surface area contributed by atoms with Crippen LogP contribution in [0.5, 0.6) is 11.5 Å². The minimum atomic E-state index is 0.176. The fourth-order valence-corrected chi connectivity index (χ4v) is 2.69. The highest BCUT2D eigenvalue weighted by Gasteiger charge is 2.29. The van der Waals surface area contributed by atoms with Gasteiger partial charge in [0.2, 0.25) is 0 Å². The molecule has 1 aromatic carbocycles. The maximum atomic E-state index is 6.05. The minimum absolute atomic E-state index is 0.176. The van der Waals surface area contributed by atoms with Crippen molar-refractivity contribution in [2.45, 2.75) is 39.8 Å². The van der Waals surface area contributed by atoms with Gasteiger partial charge in [-0.05, 0) is 37.1 Å². The molecule has 0 bridgehead atoms. The van der Waals surface area contributed by atoms with Crippen molar-refractivity contribution in [3.63, 3.8) is 0 Å². The van der Waals surface area contributed by atoms with Crippen molar-refractivity contribution >= 4 is 0 Å². The van der Waals surface area contributed by atoms with E-state index in [1.165, 1.54) is 5.56 Å². The summed E-state index contributed by atoms with van der Waals surface area (Å²) in [4.78, 5) is 2.35. The second-order valence-electron chi connectivity index (χ2n) is 6.86. The Morgan fingerprint density at radius 3 is 2.38 bits per heavy atom. The van der Waals surface area contributed by atoms with Crippen LogP contribution in [-0.2, 0) is 0 Å². The Morgan fingerprint density at radius 1 is 1.19 bits per heavy atom. The summed E-state index contributed by atoms with van der Waals surface area (Å²) in [5.74, 6) is 1.65. The molecule has 1 heterocycles. The molecule has 2 atom stereocenters. The zero-order chi connectivity index (χ0) is 15.6. The van der Waals surface area contributed by atoms with Crippen molar-refractivity contribution < 1.29 is 9.47 Å². The van der Waals surface area contributed by atoms with E-state index in [-0.39, 0.29) is 11.5 Å². The van der Waals surface area contributed by atoms with Crippen LogP contribution < -0.4 is 15.2 Å². The lowest BCUT2D eigenvalue weighted by Crippen LogP contribution is -2.43. The Bertz CT molecular complexity index is 482. The Kier molecular flexibility index (Phi) is 4.79. The van der Waals surface area contributed by atoms with Crippen molar-refractivity contribution in [2.75, 3.05) is 26.8 Å². The van der Waals surface area contributed by atoms with Crippen LogP contribution in [-0.4, -0.2) is 37.7 Å². The molecular weight excluding hydrogens is 264 g/mol. The maximum absolute atomic E-state index is 6.05. The Hall–Kier alpha value is -1.26. The van der Waals surface area contributed by atoms with Crippen LogP contribution in [0, 0.1) is 5.41 Å². The van der Waals surface area contributed by atoms with Gasteiger partial charge in [0.25, 0.3) is 0 Å². The lowest BCUT2D eigenvalue weighted by Gasteiger charge is -2.40. The molecule has 0 saturated heterocycles. The third-order valence-electron chi connectivity index (χ3n) is 4.53. The van der Waals surface area contributed by atoms with Gasteiger partial charge in [-0.3, -0.25) is 4.90 Å². The first-order valence-electron chi connectivity index (χ1n) is 7.66. The van der Waals surface area contributed by atoms with Gasteiger partial charge in [0.15, 0.2) is 11.5 Å². The van der Waals surface area contributed by atoms with Crippen LogP contribution in [0.2, 0.25) is 0 Å². The van der Waals surface area contributed by atoms with Gasteiger partial charge in [-0.1, -0.05) is 26.8 Å². The summed E-state index contributed by atoms with van der Waals surface area (Å²) in [6, 6.07) is 6.74. The maximum Gasteiger partial charge on any atom is 0.161 e. The molecule has 4 nitrogen and oxygen atoms in total. The number of benzene rings is 1. The molecule has 0 aromatic heterocycles. The van der Waals surface area contributed by atoms with E-state index in [0.717, 1.165) is 11.5 Å². The average molecular weight is 292 g/mol. The van der Waals surface area contributed by atoms with Gasteiger partial charge >= 0.3 is 0 Å². The highest BCUT2D eigenvalue weighted by molar-refractivity contribution is 5.44. The second-order valence-corrected chi connectivity index (χ2v) is 6.86. The molecule has 0 aliphatic carbocycles. The van der Waals surface area contributed by atoms with E-state index in [9.17, 15) is 0 Å². The summed E-state index contributed by atoms with van der Waals surface area (Å²) in [7, 11) is 2.14. The zero-order valence-electron chi connectivity index (χ0n) is 13.8. The molecule has 0 saturated carbocycles. The molecular formula is C17H28N2O2. The molecule has 1 aliphatic heterocycles. The molecule has 0 amide bonds. The number of likely N-dealkylation sites (N-methyl/N-ethyl adjacent to an activating group) is 1. The van der Waals surface area contributed by atoms with Gasteiger partial charge in [-0.15, -0.1) is 0 Å². The average Bonchev–Trinajstić information content (AvgIpc) is 2.46. The predicted octanol–water partition coefficient (Wildman–Crippen LogP) is 2.82. The van der Waals surface area contributed by atoms with E-state index in [1.807, 2.05) is 6.07 Å². The quantitative estimate of drug-likeness (QED) is 0.927. The van der Waals surface area contributed by atoms with Gasteiger partial charge in [0.1, 0.15) is 13.2 Å². The molecule has 0 radical (unpaired) electrons. The van der Waals surface area contributed by atoms with Crippen molar-refractivity contribution in [1.82, 2.24) is 4.90 Å². The molecule has 0 spiro atoms. The third kappa shape index (κ3) is 3.50. The first-order valence-corrected chi connectivity index (χ1v) is 7.66. The van der Waals surface area contributed by atoms with Crippen molar-refractivity contribution in [2.24, 2.45) is 11.1 Å². The first-order chi connectivity index (χ1) is 9.84. The summed E-state index contributed by atoms with van der Waals surface area (Å²) in [6.45, 7) is 10.8. The van der Waals surface area contributed by atoms with E-state index in [1.54, 1.807) is 0 Å². The molecule has 118 valence electrons. The fourth-order valence-electron chi connectivity index (χ4n) is 2.69. The number of hydrogen-bond acceptors (Lipinski definition) is 4. The van der Waals surface area contributed by atoms with Crippen molar-refractivity contribution in [1.29, 1.82) is 0 Å². The van der Waals surface area contributed by atoms with Crippen LogP contribution in [0.1, 0.15) is 39.3 Å². The molecule has 1 aromatic rings. The topological polar surface area (TPSA) is 47.7 Å². The largest absolute Gasteiger partial charge is 0.486 e. The number of ether oxygens (including phenoxy) is 2. The van der Waals surface area contributed by atoms with Crippen LogP contribution in [0.3, 0.4) is 0 Å². The number of nitrogens with zero attached hydrogens (tertiary/aromatic N) is 1. The zero-order valence-corrected chi connectivity index (χ0v) is 13.8. The van der Waals surface area contributed by atoms with Crippen LogP contribution in [0.15, 0.2) is 18.2 Å². The first kappa shape index (κ1) is 16.1. The minimum Gasteiger partial charge on any atom is -0.486 e. The lowest BCUT2D eigenvalue weighted by molar-refractivity contribution is 0.0996. The number of nitrogens with two attached hydrogens (primary N) is 1. The summed E-state index contributed by atoms with van der Waals surface area (Å²) in [6.07, 6.45) is 0. The monoisotopic (exact) mass is 292 g/mol. The fraction of sp³-hybridized carbons (Fsp3) is 0.647. The molecule has 4 heteroatoms. The lowest BCUT2D eigenvalue weighted by atomic mass is 9.86. The molecule has 21 heavy (non-hydrogen) atoms. The van der Waals surface area contributed by atoms with E-state index >= 15 is 0 Å². The summed E-state index contributed by atoms with van der Waals surface area (Å²) < 4.78 is 11.3. The number of fused-ring (bicyclic) bond motifs is 1. The predicted molar refractivity (Wildman–Crippen MR) is 85.9 cm³/mol. The van der Waals surface area contributed by atoms with Crippen molar-refractivity contribution in [3.8, 4) is 11.5 Å². The van der Waals surface area contributed by atoms with Gasteiger partial charge in [-0.25, -0.2) is 0 Å². The highest BCUT2D eigenvalue weighted by atomic mass is 16.6. The SMILES string of the molecule is CC(N(C)C(CN)c1ccc2c(c1)OCCO2)C(C)(C)C. The van der Waals surface area contributed by atoms with E-state index in [4.69, 9.17) is 15.2 Å². The Labute approximate surface area is 128 Å². The van der Waals surface area contributed by atoms with Gasteiger partial charge in [0, 0.05) is 18.6 Å². The van der Waals surface area contributed by atoms with Crippen molar-refractivity contribution in [3.05, 3.63) is 23.8 Å². The van der Waals surface area contributed by atoms with E-state index in [2.05, 4.69) is 51.8 Å². The molecule has 2 N–H and O–H groups in total. The molecule has 2 rings (SSSR count). The molecule has 1 aliphatic rings. The Morgan fingerprint density at radius 2 is 1.81 bits per heavy atom. The highest BCUT2D eigenvalue weighted by Crippen LogP contribution is 2.35.